The van der Waals surface area contributed by atoms with Crippen LogP contribution in [0.3, 0.4) is 0 Å². The Morgan fingerprint density at radius 2 is 1.89 bits per heavy atom. The van der Waals surface area contributed by atoms with Gasteiger partial charge in [0.15, 0.2) is 11.5 Å². The minimum Gasteiger partial charge on any atom is -0.550 e. The maximum atomic E-state index is 14.5. The minimum atomic E-state index is -3.24. The van der Waals surface area contributed by atoms with Crippen molar-refractivity contribution in [3.63, 3.8) is 0 Å². The first-order valence-electron chi connectivity index (χ1n) is 12.0. The summed E-state index contributed by atoms with van der Waals surface area (Å²) < 4.78 is 52.7. The molecule has 1 aliphatic rings. The zero-order valence-electron chi connectivity index (χ0n) is 21.2. The molecule has 4 rings (SSSR count). The van der Waals surface area contributed by atoms with Crippen molar-refractivity contribution in [2.75, 3.05) is 0 Å². The Labute approximate surface area is 244 Å². The number of hydrogen-bond donors (Lipinski definition) is 0. The molecule has 1 saturated carbocycles. The molecule has 7 nitrogen and oxygen atoms in total. The Bertz CT molecular complexity index is 1310. The number of alkyl halides is 2. The molecular weight excluding hydrogens is 536 g/mol. The van der Waals surface area contributed by atoms with E-state index >= 15 is 0 Å². The molecule has 0 radical (unpaired) electrons. The summed E-state index contributed by atoms with van der Waals surface area (Å²) in [6.07, 6.45) is 1.15. The number of aliphatic carboxylic acids is 1. The summed E-state index contributed by atoms with van der Waals surface area (Å²) in [5.41, 5.74) is 1.50. The standard InChI is InChI=1S/C26H26ClF3N2O5.Na/c1-13(2)26(29,30)21-12-20(31-36-21)25-23(14-3-4-14)24(32-37-25)16(6-8-22(34)35)10-18(33)9-15-5-7-17(28)11-19(15)27;/h5,7,11-14,16H,3-4,6,8-10H2,1-2H3,(H,34,35);/q;+1/p-1/t16-;/m0./s1. The Kier molecular flexibility index (Phi) is 9.89. The van der Waals surface area contributed by atoms with Crippen LogP contribution >= 0.6 is 11.6 Å². The van der Waals surface area contributed by atoms with Gasteiger partial charge in [-0.3, -0.25) is 4.79 Å². The fraction of sp³-hybridized carbons (Fsp3) is 0.462. The first-order chi connectivity index (χ1) is 17.5. The van der Waals surface area contributed by atoms with Crippen LogP contribution in [0.4, 0.5) is 13.2 Å². The summed E-state index contributed by atoms with van der Waals surface area (Å²) in [6, 6.07) is 4.85. The van der Waals surface area contributed by atoms with E-state index in [1.807, 2.05) is 0 Å². The van der Waals surface area contributed by atoms with Gasteiger partial charge in [0.25, 0.3) is 0 Å². The summed E-state index contributed by atoms with van der Waals surface area (Å²) in [5.74, 6) is -7.39. The van der Waals surface area contributed by atoms with E-state index in [1.165, 1.54) is 26.0 Å². The molecular formula is C26H25ClF3N2NaO5. The molecule has 2 aromatic heterocycles. The second-order valence-electron chi connectivity index (χ2n) is 9.70. The van der Waals surface area contributed by atoms with E-state index in [0.29, 0.717) is 16.8 Å². The van der Waals surface area contributed by atoms with Gasteiger partial charge >= 0.3 is 35.5 Å². The van der Waals surface area contributed by atoms with Crippen LogP contribution in [0.15, 0.2) is 33.3 Å². The molecule has 0 amide bonds. The quantitative estimate of drug-likeness (QED) is 0.313. The SMILES string of the molecule is CC(C)C(F)(F)c1cc(-c2onc([C@@H](CCC(=O)[O-])CC(=O)Cc3ccc(F)cc3Cl)c2C2CC2)no1.[Na+]. The Morgan fingerprint density at radius 1 is 1.18 bits per heavy atom. The van der Waals surface area contributed by atoms with Crippen molar-refractivity contribution >= 4 is 23.4 Å². The van der Waals surface area contributed by atoms with Gasteiger partial charge < -0.3 is 18.9 Å². The third-order valence-electron chi connectivity index (χ3n) is 6.50. The first-order valence-corrected chi connectivity index (χ1v) is 12.4. The molecule has 0 saturated heterocycles. The van der Waals surface area contributed by atoms with Gasteiger partial charge in [0.1, 0.15) is 11.6 Å². The van der Waals surface area contributed by atoms with E-state index in [1.54, 1.807) is 0 Å². The third kappa shape index (κ3) is 6.89. The molecule has 1 aliphatic carbocycles. The monoisotopic (exact) mass is 560 g/mol. The number of carbonyl (C=O) groups is 2. The number of carboxylic acid groups (broad SMARTS) is 1. The van der Waals surface area contributed by atoms with Crippen LogP contribution in [-0.4, -0.2) is 22.1 Å². The van der Waals surface area contributed by atoms with Gasteiger partial charge in [0, 0.05) is 47.3 Å². The number of aromatic nitrogens is 2. The summed E-state index contributed by atoms with van der Waals surface area (Å²) in [7, 11) is 0. The number of nitrogens with zero attached hydrogens (tertiary/aromatic N) is 2. The Hall–Kier alpha value is -2.14. The molecule has 0 bridgehead atoms. The molecule has 2 heterocycles. The molecule has 0 unspecified atom stereocenters. The van der Waals surface area contributed by atoms with Gasteiger partial charge in [-0.25, -0.2) is 4.39 Å². The Morgan fingerprint density at radius 3 is 2.50 bits per heavy atom. The second-order valence-corrected chi connectivity index (χ2v) is 10.1. The van der Waals surface area contributed by atoms with Crippen molar-refractivity contribution < 1.29 is 66.5 Å². The molecule has 1 aromatic carbocycles. The number of Topliss-reactive ketones (excluding diaryl/α,β-unsaturated/α-hetero) is 1. The molecule has 38 heavy (non-hydrogen) atoms. The number of benzene rings is 1. The van der Waals surface area contributed by atoms with E-state index < -0.39 is 35.3 Å². The van der Waals surface area contributed by atoms with E-state index in [0.717, 1.165) is 25.0 Å². The van der Waals surface area contributed by atoms with Gasteiger partial charge in [0.2, 0.25) is 5.76 Å². The van der Waals surface area contributed by atoms with Gasteiger partial charge in [0.05, 0.1) is 5.69 Å². The average molecular weight is 561 g/mol. The summed E-state index contributed by atoms with van der Waals surface area (Å²) in [6.45, 7) is 2.73. The largest absolute Gasteiger partial charge is 1.00 e. The summed E-state index contributed by atoms with van der Waals surface area (Å²) >= 11 is 6.05. The van der Waals surface area contributed by atoms with Crippen LogP contribution in [0.5, 0.6) is 0 Å². The number of carboxylic acids is 1. The maximum absolute atomic E-state index is 14.5. The van der Waals surface area contributed by atoms with E-state index in [9.17, 15) is 27.9 Å². The predicted octanol–water partition coefficient (Wildman–Crippen LogP) is 2.57. The van der Waals surface area contributed by atoms with Crippen molar-refractivity contribution in [3.8, 4) is 11.5 Å². The number of ketones is 1. The third-order valence-corrected chi connectivity index (χ3v) is 6.85. The smallest absolute Gasteiger partial charge is 0.550 e. The van der Waals surface area contributed by atoms with E-state index in [4.69, 9.17) is 20.6 Å². The zero-order chi connectivity index (χ0) is 26.9. The van der Waals surface area contributed by atoms with E-state index in [2.05, 4.69) is 10.3 Å². The number of rotatable bonds is 12. The molecule has 1 atom stereocenters. The molecule has 198 valence electrons. The molecule has 3 aromatic rings. The molecule has 1 fully saturated rings. The van der Waals surface area contributed by atoms with Crippen molar-refractivity contribution in [3.05, 3.63) is 57.7 Å². The van der Waals surface area contributed by atoms with Gasteiger partial charge in [-0.1, -0.05) is 41.8 Å². The van der Waals surface area contributed by atoms with Crippen LogP contribution in [0.2, 0.25) is 5.02 Å². The number of halogens is 4. The summed E-state index contributed by atoms with van der Waals surface area (Å²) in [5, 5.41) is 19.2. The second kappa shape index (κ2) is 12.4. The van der Waals surface area contributed by atoms with Crippen molar-refractivity contribution in [1.29, 1.82) is 0 Å². The van der Waals surface area contributed by atoms with E-state index in [-0.39, 0.29) is 83.4 Å². The van der Waals surface area contributed by atoms with Gasteiger partial charge in [-0.05, 0) is 49.3 Å². The van der Waals surface area contributed by atoms with Crippen LogP contribution in [0.1, 0.15) is 80.4 Å². The first kappa shape index (κ1) is 30.4. The van der Waals surface area contributed by atoms with Gasteiger partial charge in [-0.15, -0.1) is 0 Å². The number of hydrogen-bond acceptors (Lipinski definition) is 7. The Balaban J connectivity index is 0.00000400. The molecule has 12 heteroatoms. The zero-order valence-corrected chi connectivity index (χ0v) is 24.0. The van der Waals surface area contributed by atoms with Gasteiger partial charge in [-0.2, -0.15) is 8.78 Å². The van der Waals surface area contributed by atoms with Crippen molar-refractivity contribution in [1.82, 2.24) is 10.3 Å². The number of carbonyl (C=O) groups excluding carboxylic acids is 2. The van der Waals surface area contributed by atoms with Crippen LogP contribution in [0.25, 0.3) is 11.5 Å². The molecule has 0 N–H and O–H groups in total. The maximum Gasteiger partial charge on any atom is 1.00 e. The van der Waals surface area contributed by atoms with Crippen LogP contribution in [-0.2, 0) is 21.9 Å². The average Bonchev–Trinajstić information content (AvgIpc) is 3.36. The van der Waals surface area contributed by atoms with Crippen LogP contribution < -0.4 is 34.7 Å². The fourth-order valence-electron chi connectivity index (χ4n) is 4.23. The fourth-order valence-corrected chi connectivity index (χ4v) is 4.47. The molecule has 0 spiro atoms. The van der Waals surface area contributed by atoms with Crippen LogP contribution in [0, 0.1) is 11.7 Å². The molecule has 0 aliphatic heterocycles. The summed E-state index contributed by atoms with van der Waals surface area (Å²) in [4.78, 5) is 24.2. The van der Waals surface area contributed by atoms with Crippen molar-refractivity contribution in [2.45, 2.75) is 70.1 Å². The minimum absolute atomic E-state index is 0. The van der Waals surface area contributed by atoms with Crippen molar-refractivity contribution in [2.24, 2.45) is 5.92 Å². The topological polar surface area (TPSA) is 109 Å². The normalized spacial score (nSPS) is 14.4. The predicted molar refractivity (Wildman–Crippen MR) is 124 cm³/mol.